The van der Waals surface area contributed by atoms with Crippen LogP contribution in [0.15, 0.2) is 43.3 Å². The lowest BCUT2D eigenvalue weighted by molar-refractivity contribution is -0.110. The second-order valence-corrected chi connectivity index (χ2v) is 2.22. The van der Waals surface area contributed by atoms with E-state index in [0.29, 0.717) is 0 Å². The Morgan fingerprint density at radius 2 is 2.08 bits per heavy atom. The zero-order chi connectivity index (χ0) is 8.81. The van der Waals surface area contributed by atoms with Crippen molar-refractivity contribution in [3.63, 3.8) is 0 Å². The number of carbonyl (C=O) groups excluding carboxylic acids is 1. The maximum Gasteiger partial charge on any atom is 0.178 e. The molecule has 1 aromatic heterocycles. The van der Waals surface area contributed by atoms with E-state index in [0.717, 1.165) is 5.56 Å². The number of aromatic nitrogens is 1. The van der Waals surface area contributed by atoms with Gasteiger partial charge in [-0.1, -0.05) is 12.7 Å². The van der Waals surface area contributed by atoms with Crippen LogP contribution in [0.1, 0.15) is 5.56 Å². The van der Waals surface area contributed by atoms with Gasteiger partial charge in [-0.05, 0) is 29.8 Å². The van der Waals surface area contributed by atoms with Crippen molar-refractivity contribution >= 4 is 11.9 Å². The summed E-state index contributed by atoms with van der Waals surface area (Å²) in [6.45, 7) is 3.36. The van der Waals surface area contributed by atoms with Gasteiger partial charge in [0.1, 0.15) is 0 Å². The third kappa shape index (κ3) is 2.50. The van der Waals surface area contributed by atoms with Crippen LogP contribution in [0.25, 0.3) is 6.08 Å². The fourth-order valence-electron chi connectivity index (χ4n) is 0.721. The summed E-state index contributed by atoms with van der Waals surface area (Å²) in [4.78, 5) is 14.6. The number of hydrogen-bond donors (Lipinski definition) is 0. The molecular weight excluding hydrogens is 150 g/mol. The number of carbonyl (C=O) groups is 1. The average molecular weight is 159 g/mol. The molecule has 0 spiro atoms. The molecule has 0 atom stereocenters. The van der Waals surface area contributed by atoms with E-state index in [4.69, 9.17) is 0 Å². The first-order chi connectivity index (χ1) is 5.83. The summed E-state index contributed by atoms with van der Waals surface area (Å²) in [6.07, 6.45) is 7.84. The SMILES string of the molecule is C=CC(=O)/C=C/c1ccncc1. The predicted molar refractivity (Wildman–Crippen MR) is 48.5 cm³/mol. The Balaban J connectivity index is 2.70. The molecule has 0 aromatic carbocycles. The molecule has 0 radical (unpaired) electrons. The molecule has 0 saturated carbocycles. The Bertz CT molecular complexity index is 301. The molecule has 2 heteroatoms. The summed E-state index contributed by atoms with van der Waals surface area (Å²) in [7, 11) is 0. The topological polar surface area (TPSA) is 30.0 Å². The maximum atomic E-state index is 10.8. The van der Waals surface area contributed by atoms with Crippen molar-refractivity contribution in [1.29, 1.82) is 0 Å². The van der Waals surface area contributed by atoms with E-state index in [1.54, 1.807) is 18.5 Å². The van der Waals surface area contributed by atoms with E-state index in [2.05, 4.69) is 11.6 Å². The third-order valence-corrected chi connectivity index (χ3v) is 1.35. The number of allylic oxidation sites excluding steroid dienone is 2. The molecule has 0 aliphatic heterocycles. The summed E-state index contributed by atoms with van der Waals surface area (Å²) in [5.41, 5.74) is 0.959. The van der Waals surface area contributed by atoms with Gasteiger partial charge in [-0.15, -0.1) is 0 Å². The highest BCUT2D eigenvalue weighted by molar-refractivity contribution is 6.01. The van der Waals surface area contributed by atoms with Gasteiger partial charge < -0.3 is 0 Å². The third-order valence-electron chi connectivity index (χ3n) is 1.35. The Labute approximate surface area is 71.3 Å². The summed E-state index contributed by atoms with van der Waals surface area (Å²) in [5, 5.41) is 0. The zero-order valence-corrected chi connectivity index (χ0v) is 6.60. The molecule has 2 nitrogen and oxygen atoms in total. The predicted octanol–water partition coefficient (Wildman–Crippen LogP) is 1.85. The fourth-order valence-corrected chi connectivity index (χ4v) is 0.721. The maximum absolute atomic E-state index is 10.8. The summed E-state index contributed by atoms with van der Waals surface area (Å²) in [5.74, 6) is -0.0909. The molecule has 12 heavy (non-hydrogen) atoms. The van der Waals surface area contributed by atoms with Crippen LogP contribution in [0.4, 0.5) is 0 Å². The minimum atomic E-state index is -0.0909. The van der Waals surface area contributed by atoms with Gasteiger partial charge in [0.2, 0.25) is 0 Å². The number of ketones is 1. The van der Waals surface area contributed by atoms with Crippen molar-refractivity contribution in [2.75, 3.05) is 0 Å². The average Bonchev–Trinajstić information content (AvgIpc) is 2.16. The highest BCUT2D eigenvalue weighted by atomic mass is 16.1. The summed E-state index contributed by atoms with van der Waals surface area (Å²) >= 11 is 0. The largest absolute Gasteiger partial charge is 0.290 e. The van der Waals surface area contributed by atoms with E-state index >= 15 is 0 Å². The number of nitrogens with zero attached hydrogens (tertiary/aromatic N) is 1. The summed E-state index contributed by atoms with van der Waals surface area (Å²) < 4.78 is 0. The van der Waals surface area contributed by atoms with Crippen molar-refractivity contribution in [3.05, 3.63) is 48.8 Å². The fraction of sp³-hybridized carbons (Fsp3) is 0. The van der Waals surface area contributed by atoms with E-state index in [-0.39, 0.29) is 5.78 Å². The van der Waals surface area contributed by atoms with Gasteiger partial charge >= 0.3 is 0 Å². The molecular formula is C10H9NO. The van der Waals surface area contributed by atoms with Crippen LogP contribution in [0, 0.1) is 0 Å². The first-order valence-corrected chi connectivity index (χ1v) is 3.57. The monoisotopic (exact) mass is 159 g/mol. The molecule has 60 valence electrons. The van der Waals surface area contributed by atoms with E-state index in [1.165, 1.54) is 12.2 Å². The normalized spacial score (nSPS) is 10.0. The van der Waals surface area contributed by atoms with Gasteiger partial charge in [0.05, 0.1) is 0 Å². The first-order valence-electron chi connectivity index (χ1n) is 3.57. The van der Waals surface area contributed by atoms with Crippen molar-refractivity contribution in [1.82, 2.24) is 4.98 Å². The zero-order valence-electron chi connectivity index (χ0n) is 6.60. The van der Waals surface area contributed by atoms with Crippen LogP contribution < -0.4 is 0 Å². The number of pyridine rings is 1. The van der Waals surface area contributed by atoms with Crippen LogP contribution in [-0.4, -0.2) is 10.8 Å². The minimum Gasteiger partial charge on any atom is -0.290 e. The quantitative estimate of drug-likeness (QED) is 0.630. The van der Waals surface area contributed by atoms with Crippen molar-refractivity contribution in [3.8, 4) is 0 Å². The Morgan fingerprint density at radius 1 is 1.42 bits per heavy atom. The van der Waals surface area contributed by atoms with Crippen LogP contribution in [0.2, 0.25) is 0 Å². The smallest absolute Gasteiger partial charge is 0.178 e. The lowest BCUT2D eigenvalue weighted by Gasteiger charge is -1.88. The highest BCUT2D eigenvalue weighted by Crippen LogP contribution is 1.98. The molecule has 0 bridgehead atoms. The van der Waals surface area contributed by atoms with Gasteiger partial charge in [-0.25, -0.2) is 0 Å². The second kappa shape index (κ2) is 4.23. The van der Waals surface area contributed by atoms with Gasteiger partial charge in [0.15, 0.2) is 5.78 Å². The van der Waals surface area contributed by atoms with E-state index in [1.807, 2.05) is 12.1 Å². The van der Waals surface area contributed by atoms with Gasteiger partial charge in [-0.3, -0.25) is 9.78 Å². The van der Waals surface area contributed by atoms with Crippen molar-refractivity contribution in [2.24, 2.45) is 0 Å². The Morgan fingerprint density at radius 3 is 2.67 bits per heavy atom. The molecule has 1 aromatic rings. The molecule has 0 N–H and O–H groups in total. The van der Waals surface area contributed by atoms with Gasteiger partial charge in [0.25, 0.3) is 0 Å². The highest BCUT2D eigenvalue weighted by Gasteiger charge is 1.86. The van der Waals surface area contributed by atoms with Crippen LogP contribution in [0.3, 0.4) is 0 Å². The number of hydrogen-bond acceptors (Lipinski definition) is 2. The minimum absolute atomic E-state index is 0.0909. The molecule has 0 amide bonds. The molecule has 0 aliphatic rings. The molecule has 0 unspecified atom stereocenters. The van der Waals surface area contributed by atoms with Crippen LogP contribution in [0.5, 0.6) is 0 Å². The van der Waals surface area contributed by atoms with E-state index < -0.39 is 0 Å². The molecule has 0 fully saturated rings. The Kier molecular flexibility index (Phi) is 2.96. The van der Waals surface area contributed by atoms with Crippen molar-refractivity contribution in [2.45, 2.75) is 0 Å². The van der Waals surface area contributed by atoms with Gasteiger partial charge in [0, 0.05) is 12.4 Å². The standard InChI is InChI=1S/C10H9NO/c1-2-10(12)4-3-9-5-7-11-8-6-9/h2-8H,1H2/b4-3+. The lowest BCUT2D eigenvalue weighted by atomic mass is 10.2. The van der Waals surface area contributed by atoms with Crippen LogP contribution >= 0.6 is 0 Å². The van der Waals surface area contributed by atoms with Gasteiger partial charge in [-0.2, -0.15) is 0 Å². The second-order valence-electron chi connectivity index (χ2n) is 2.22. The van der Waals surface area contributed by atoms with Crippen molar-refractivity contribution < 1.29 is 4.79 Å². The van der Waals surface area contributed by atoms with Crippen LogP contribution in [-0.2, 0) is 4.79 Å². The lowest BCUT2D eigenvalue weighted by Crippen LogP contribution is -1.82. The molecule has 0 aliphatic carbocycles. The molecule has 1 heterocycles. The molecule has 0 saturated heterocycles. The van der Waals surface area contributed by atoms with E-state index in [9.17, 15) is 4.79 Å². The molecule has 1 rings (SSSR count). The first kappa shape index (κ1) is 8.40. The summed E-state index contributed by atoms with van der Waals surface area (Å²) in [6, 6.07) is 3.65. The number of rotatable bonds is 3. The Hall–Kier alpha value is -1.70.